The molecule has 106 valence electrons. The molecule has 0 saturated carbocycles. The van der Waals surface area contributed by atoms with Crippen LogP contribution in [0.2, 0.25) is 0 Å². The Balaban J connectivity index is 2.35. The van der Waals surface area contributed by atoms with Crippen LogP contribution in [0, 0.1) is 12.7 Å². The quantitative estimate of drug-likeness (QED) is 0.840. The Kier molecular flexibility index (Phi) is 3.60. The molecule has 0 spiro atoms. The summed E-state index contributed by atoms with van der Waals surface area (Å²) in [6.45, 7) is 1.66. The number of methoxy groups -OCH3 is 1. The molecule has 2 N–H and O–H groups in total. The lowest BCUT2D eigenvalue weighted by molar-refractivity contribution is 0.102. The van der Waals surface area contributed by atoms with Crippen LogP contribution in [0.15, 0.2) is 18.2 Å². The highest BCUT2D eigenvalue weighted by molar-refractivity contribution is 6.07. The van der Waals surface area contributed by atoms with Gasteiger partial charge in [-0.3, -0.25) is 4.79 Å². The number of halogens is 1. The smallest absolute Gasteiger partial charge is 0.263 e. The van der Waals surface area contributed by atoms with Crippen LogP contribution in [0.1, 0.15) is 16.1 Å². The lowest BCUT2D eigenvalue weighted by Gasteiger charge is -2.08. The summed E-state index contributed by atoms with van der Waals surface area (Å²) in [7, 11) is 3.06. The second-order valence-electron chi connectivity index (χ2n) is 4.21. The van der Waals surface area contributed by atoms with Crippen molar-refractivity contribution in [1.82, 2.24) is 9.78 Å². The molecule has 20 heavy (non-hydrogen) atoms. The molecular weight excluding hydrogens is 265 g/mol. The summed E-state index contributed by atoms with van der Waals surface area (Å²) in [5.74, 6) is -1.03. The SMILES string of the molecule is COc1c(C(=O)Nc2cc(F)ccc2O)c(C)nn1C. The molecule has 2 aromatic rings. The molecular formula is C13H14FN3O3. The Morgan fingerprint density at radius 3 is 2.85 bits per heavy atom. The number of hydrogen-bond donors (Lipinski definition) is 2. The van der Waals surface area contributed by atoms with E-state index in [-0.39, 0.29) is 22.9 Å². The first-order valence-corrected chi connectivity index (χ1v) is 5.81. The standard InChI is InChI=1S/C13H14FN3O3/c1-7-11(13(20-3)17(2)16-7)12(19)15-9-6-8(14)4-5-10(9)18/h4-6,18H,1-3H3,(H,15,19). The molecule has 0 aliphatic heterocycles. The van der Waals surface area contributed by atoms with Gasteiger partial charge in [0.25, 0.3) is 5.91 Å². The first kappa shape index (κ1) is 13.9. The van der Waals surface area contributed by atoms with Crippen LogP contribution in [0.4, 0.5) is 10.1 Å². The van der Waals surface area contributed by atoms with Crippen LogP contribution in [-0.4, -0.2) is 27.9 Å². The van der Waals surface area contributed by atoms with Crippen molar-refractivity contribution in [2.45, 2.75) is 6.92 Å². The molecule has 2 rings (SSSR count). The van der Waals surface area contributed by atoms with Gasteiger partial charge in [0.1, 0.15) is 17.1 Å². The van der Waals surface area contributed by atoms with Gasteiger partial charge in [0, 0.05) is 13.1 Å². The number of carbonyl (C=O) groups is 1. The molecule has 1 aromatic heterocycles. The molecule has 0 fully saturated rings. The lowest BCUT2D eigenvalue weighted by atomic mass is 10.2. The van der Waals surface area contributed by atoms with Gasteiger partial charge >= 0.3 is 0 Å². The summed E-state index contributed by atoms with van der Waals surface area (Å²) in [6.07, 6.45) is 0. The van der Waals surface area contributed by atoms with Crippen molar-refractivity contribution in [2.24, 2.45) is 7.05 Å². The minimum Gasteiger partial charge on any atom is -0.506 e. The van der Waals surface area contributed by atoms with Crippen molar-refractivity contribution in [3.05, 3.63) is 35.3 Å². The van der Waals surface area contributed by atoms with Gasteiger partial charge in [-0.1, -0.05) is 0 Å². The summed E-state index contributed by atoms with van der Waals surface area (Å²) in [6, 6.07) is 3.30. The van der Waals surface area contributed by atoms with Crippen molar-refractivity contribution in [3.8, 4) is 11.6 Å². The molecule has 0 atom stereocenters. The van der Waals surface area contributed by atoms with Gasteiger partial charge in [-0.25, -0.2) is 9.07 Å². The molecule has 0 aliphatic rings. The number of rotatable bonds is 3. The third kappa shape index (κ3) is 2.42. The average Bonchev–Trinajstić information content (AvgIpc) is 2.68. The number of hydrogen-bond acceptors (Lipinski definition) is 4. The Morgan fingerprint density at radius 1 is 1.50 bits per heavy atom. The van der Waals surface area contributed by atoms with E-state index in [4.69, 9.17) is 4.74 Å². The number of anilines is 1. The molecule has 0 radical (unpaired) electrons. The van der Waals surface area contributed by atoms with E-state index >= 15 is 0 Å². The van der Waals surface area contributed by atoms with Crippen molar-refractivity contribution < 1.29 is 19.0 Å². The van der Waals surface area contributed by atoms with E-state index in [0.29, 0.717) is 5.69 Å². The summed E-state index contributed by atoms with van der Waals surface area (Å²) in [5, 5.41) is 16.1. The van der Waals surface area contributed by atoms with Crippen molar-refractivity contribution in [1.29, 1.82) is 0 Å². The van der Waals surface area contributed by atoms with Crippen molar-refractivity contribution in [3.63, 3.8) is 0 Å². The summed E-state index contributed by atoms with van der Waals surface area (Å²) < 4.78 is 19.7. The van der Waals surface area contributed by atoms with Crippen molar-refractivity contribution in [2.75, 3.05) is 12.4 Å². The molecule has 1 amide bonds. The summed E-state index contributed by atoms with van der Waals surface area (Å²) in [4.78, 5) is 12.2. The molecule has 0 bridgehead atoms. The summed E-state index contributed by atoms with van der Waals surface area (Å²) in [5.41, 5.74) is 0.691. The highest BCUT2D eigenvalue weighted by Crippen LogP contribution is 2.27. The maximum absolute atomic E-state index is 13.1. The average molecular weight is 279 g/mol. The first-order chi connectivity index (χ1) is 9.43. The number of aryl methyl sites for hydroxylation is 2. The highest BCUT2D eigenvalue weighted by atomic mass is 19.1. The van der Waals surface area contributed by atoms with Crippen LogP contribution < -0.4 is 10.1 Å². The van der Waals surface area contributed by atoms with Crippen LogP contribution in [0.5, 0.6) is 11.6 Å². The third-order valence-corrected chi connectivity index (χ3v) is 2.80. The van der Waals surface area contributed by atoms with Gasteiger partial charge in [-0.15, -0.1) is 0 Å². The van der Waals surface area contributed by atoms with E-state index in [1.165, 1.54) is 11.8 Å². The Morgan fingerprint density at radius 2 is 2.20 bits per heavy atom. The monoisotopic (exact) mass is 279 g/mol. The zero-order valence-electron chi connectivity index (χ0n) is 11.3. The van der Waals surface area contributed by atoms with E-state index in [1.54, 1.807) is 14.0 Å². The topological polar surface area (TPSA) is 76.4 Å². The number of ether oxygens (including phenoxy) is 1. The van der Waals surface area contributed by atoms with Crippen LogP contribution in [0.3, 0.4) is 0 Å². The molecule has 0 aliphatic carbocycles. The number of phenolic OH excluding ortho intramolecular Hbond substituents is 1. The second-order valence-corrected chi connectivity index (χ2v) is 4.21. The van der Waals surface area contributed by atoms with Gasteiger partial charge in [-0.2, -0.15) is 5.10 Å². The van der Waals surface area contributed by atoms with Crippen LogP contribution >= 0.6 is 0 Å². The Hall–Kier alpha value is -2.57. The number of carbonyl (C=O) groups excluding carboxylic acids is 1. The number of phenols is 1. The summed E-state index contributed by atoms with van der Waals surface area (Å²) >= 11 is 0. The number of nitrogens with one attached hydrogen (secondary N) is 1. The maximum Gasteiger partial charge on any atom is 0.263 e. The normalized spacial score (nSPS) is 10.4. The van der Waals surface area contributed by atoms with Gasteiger partial charge in [0.05, 0.1) is 18.5 Å². The maximum atomic E-state index is 13.1. The van der Waals surface area contributed by atoms with E-state index in [2.05, 4.69) is 10.4 Å². The third-order valence-electron chi connectivity index (χ3n) is 2.80. The van der Waals surface area contributed by atoms with Crippen molar-refractivity contribution >= 4 is 11.6 Å². The van der Waals surface area contributed by atoms with Gasteiger partial charge in [0.2, 0.25) is 5.88 Å². The largest absolute Gasteiger partial charge is 0.506 e. The molecule has 7 heteroatoms. The second kappa shape index (κ2) is 5.20. The Bertz CT molecular complexity index is 667. The van der Waals surface area contributed by atoms with Gasteiger partial charge < -0.3 is 15.2 Å². The van der Waals surface area contributed by atoms with E-state index in [1.807, 2.05) is 0 Å². The number of amides is 1. The predicted molar refractivity (Wildman–Crippen MR) is 70.5 cm³/mol. The zero-order chi connectivity index (χ0) is 14.9. The minimum atomic E-state index is -0.562. The van der Waals surface area contributed by atoms with E-state index < -0.39 is 11.7 Å². The molecule has 0 unspecified atom stereocenters. The van der Waals surface area contributed by atoms with E-state index in [0.717, 1.165) is 18.2 Å². The highest BCUT2D eigenvalue weighted by Gasteiger charge is 2.22. The Labute approximate surface area is 114 Å². The fraction of sp³-hybridized carbons (Fsp3) is 0.231. The predicted octanol–water partition coefficient (Wildman–Crippen LogP) is 1.83. The van der Waals surface area contributed by atoms with Gasteiger partial charge in [-0.05, 0) is 19.1 Å². The number of nitrogens with zero attached hydrogens (tertiary/aromatic N) is 2. The molecule has 6 nitrogen and oxygen atoms in total. The minimum absolute atomic E-state index is 0.0136. The number of aromatic nitrogens is 2. The first-order valence-electron chi connectivity index (χ1n) is 5.81. The van der Waals surface area contributed by atoms with Crippen LogP contribution in [0.25, 0.3) is 0 Å². The fourth-order valence-electron chi connectivity index (χ4n) is 1.93. The zero-order valence-corrected chi connectivity index (χ0v) is 11.3. The van der Waals surface area contributed by atoms with Gasteiger partial charge in [0.15, 0.2) is 0 Å². The molecule has 0 saturated heterocycles. The fourth-order valence-corrected chi connectivity index (χ4v) is 1.93. The van der Waals surface area contributed by atoms with E-state index in [9.17, 15) is 14.3 Å². The lowest BCUT2D eigenvalue weighted by Crippen LogP contribution is -2.14. The molecule has 1 heterocycles. The number of benzene rings is 1. The number of aromatic hydroxyl groups is 1. The van der Waals surface area contributed by atoms with Crippen LogP contribution in [-0.2, 0) is 7.05 Å². The molecule has 1 aromatic carbocycles.